The molecule has 1 saturated carbocycles. The number of hydrogen-bond acceptors (Lipinski definition) is 5. The highest BCUT2D eigenvalue weighted by molar-refractivity contribution is 7.12. The van der Waals surface area contributed by atoms with E-state index in [1.165, 1.54) is 24.4 Å². The van der Waals surface area contributed by atoms with Gasteiger partial charge in [-0.15, -0.1) is 0 Å². The molecule has 6 heteroatoms. The van der Waals surface area contributed by atoms with Crippen molar-refractivity contribution >= 4 is 27.7 Å². The molecule has 22 heavy (non-hydrogen) atoms. The highest BCUT2D eigenvalue weighted by Gasteiger charge is 2.35. The van der Waals surface area contributed by atoms with Crippen LogP contribution in [0, 0.1) is 24.7 Å². The predicted molar refractivity (Wildman–Crippen MR) is 84.4 cm³/mol. The minimum atomic E-state index is -0.251. The van der Waals surface area contributed by atoms with Gasteiger partial charge < -0.3 is 0 Å². The first-order chi connectivity index (χ1) is 10.7. The van der Waals surface area contributed by atoms with E-state index in [1.54, 1.807) is 6.20 Å². The van der Waals surface area contributed by atoms with Gasteiger partial charge in [0.25, 0.3) is 5.91 Å². The van der Waals surface area contributed by atoms with Crippen LogP contribution in [0.2, 0.25) is 0 Å². The standard InChI is InChI=1S/C16H17N3O2S/c1-9-14-6-12(7-17-16(14)22-19-9)15(20)18-21-8-13-5-10-2-3-11(13)4-10/h2-3,6-7,10-11,13H,4-5,8H2,1H3,(H,18,20)/t10-,11+,13+/m1/s1. The van der Waals surface area contributed by atoms with Crippen LogP contribution in [0.3, 0.4) is 0 Å². The number of carbonyl (C=O) groups excluding carboxylic acids is 1. The number of carbonyl (C=O) groups is 1. The van der Waals surface area contributed by atoms with Gasteiger partial charge in [-0.2, -0.15) is 4.37 Å². The normalized spacial score (nSPS) is 26.0. The van der Waals surface area contributed by atoms with Crippen LogP contribution in [0.15, 0.2) is 24.4 Å². The van der Waals surface area contributed by atoms with E-state index >= 15 is 0 Å². The maximum atomic E-state index is 12.1. The highest BCUT2D eigenvalue weighted by Crippen LogP contribution is 2.43. The zero-order chi connectivity index (χ0) is 15.1. The van der Waals surface area contributed by atoms with Crippen molar-refractivity contribution in [1.82, 2.24) is 14.8 Å². The molecule has 4 rings (SSSR count). The van der Waals surface area contributed by atoms with Crippen molar-refractivity contribution in [2.75, 3.05) is 6.61 Å². The summed E-state index contributed by atoms with van der Waals surface area (Å²) in [6, 6.07) is 1.82. The molecule has 2 bridgehead atoms. The summed E-state index contributed by atoms with van der Waals surface area (Å²) in [5.41, 5.74) is 3.94. The number of nitrogens with zero attached hydrogens (tertiary/aromatic N) is 2. The Bertz CT molecular complexity index is 755. The quantitative estimate of drug-likeness (QED) is 0.696. The molecule has 1 amide bonds. The van der Waals surface area contributed by atoms with E-state index in [9.17, 15) is 4.79 Å². The number of aryl methyl sites for hydroxylation is 1. The molecule has 0 saturated heterocycles. The van der Waals surface area contributed by atoms with Crippen molar-refractivity contribution in [3.63, 3.8) is 0 Å². The number of rotatable bonds is 4. The summed E-state index contributed by atoms with van der Waals surface area (Å²) in [5.74, 6) is 1.62. The largest absolute Gasteiger partial charge is 0.276 e. The fourth-order valence-electron chi connectivity index (χ4n) is 3.43. The third kappa shape index (κ3) is 2.42. The Morgan fingerprint density at radius 3 is 3.14 bits per heavy atom. The van der Waals surface area contributed by atoms with Crippen molar-refractivity contribution in [1.29, 1.82) is 0 Å². The Hall–Kier alpha value is -1.79. The monoisotopic (exact) mass is 315 g/mol. The second-order valence-corrected chi connectivity index (χ2v) is 6.88. The molecule has 2 heterocycles. The van der Waals surface area contributed by atoms with Crippen LogP contribution in [-0.4, -0.2) is 21.9 Å². The van der Waals surface area contributed by atoms with Gasteiger partial charge in [-0.25, -0.2) is 10.5 Å². The molecule has 3 atom stereocenters. The Morgan fingerprint density at radius 1 is 1.45 bits per heavy atom. The van der Waals surface area contributed by atoms with Crippen LogP contribution in [0.4, 0.5) is 0 Å². The molecule has 2 aromatic heterocycles. The Labute approximate surface area is 132 Å². The number of aromatic nitrogens is 2. The van der Waals surface area contributed by atoms with E-state index < -0.39 is 0 Å². The summed E-state index contributed by atoms with van der Waals surface area (Å²) in [6.45, 7) is 2.49. The number of nitrogens with one attached hydrogen (secondary N) is 1. The molecular formula is C16H17N3O2S. The number of allylic oxidation sites excluding steroid dienone is 2. The minimum Gasteiger partial charge on any atom is -0.273 e. The van der Waals surface area contributed by atoms with Crippen molar-refractivity contribution in [3.8, 4) is 0 Å². The van der Waals surface area contributed by atoms with Gasteiger partial charge in [0.2, 0.25) is 0 Å². The van der Waals surface area contributed by atoms with Crippen LogP contribution >= 0.6 is 11.5 Å². The lowest BCUT2D eigenvalue weighted by Gasteiger charge is -2.17. The molecule has 0 aromatic carbocycles. The lowest BCUT2D eigenvalue weighted by Crippen LogP contribution is -2.27. The number of amides is 1. The minimum absolute atomic E-state index is 0.251. The number of hydrogen-bond donors (Lipinski definition) is 1. The second-order valence-electron chi connectivity index (χ2n) is 6.13. The van der Waals surface area contributed by atoms with E-state index in [0.717, 1.165) is 21.8 Å². The van der Waals surface area contributed by atoms with Gasteiger partial charge in [-0.05, 0) is 55.1 Å². The summed E-state index contributed by atoms with van der Waals surface area (Å²) in [6.07, 6.45) is 8.57. The number of fused-ring (bicyclic) bond motifs is 3. The van der Waals surface area contributed by atoms with E-state index in [-0.39, 0.29) is 5.91 Å². The molecule has 2 aromatic rings. The fourth-order valence-corrected chi connectivity index (χ4v) is 4.16. The molecule has 1 N–H and O–H groups in total. The maximum Gasteiger partial charge on any atom is 0.276 e. The van der Waals surface area contributed by atoms with Crippen LogP contribution in [0.1, 0.15) is 28.9 Å². The number of hydroxylamine groups is 1. The van der Waals surface area contributed by atoms with Gasteiger partial charge in [-0.1, -0.05) is 12.2 Å². The summed E-state index contributed by atoms with van der Waals surface area (Å²) >= 11 is 1.35. The lowest BCUT2D eigenvalue weighted by molar-refractivity contribution is 0.0125. The molecule has 1 fully saturated rings. The summed E-state index contributed by atoms with van der Waals surface area (Å²) in [5, 5.41) is 0.927. The Morgan fingerprint density at radius 2 is 2.36 bits per heavy atom. The Kier molecular flexibility index (Phi) is 3.43. The van der Waals surface area contributed by atoms with Crippen molar-refractivity contribution in [2.45, 2.75) is 19.8 Å². The molecule has 5 nitrogen and oxygen atoms in total. The van der Waals surface area contributed by atoms with E-state index in [2.05, 4.69) is 27.0 Å². The molecule has 0 aliphatic heterocycles. The predicted octanol–water partition coefficient (Wildman–Crippen LogP) is 2.87. The molecule has 0 unspecified atom stereocenters. The fraction of sp³-hybridized carbons (Fsp3) is 0.438. The van der Waals surface area contributed by atoms with Gasteiger partial charge in [0.05, 0.1) is 17.9 Å². The van der Waals surface area contributed by atoms with Crippen LogP contribution in [0.25, 0.3) is 10.2 Å². The topological polar surface area (TPSA) is 64.1 Å². The molecule has 2 aliphatic rings. The maximum absolute atomic E-state index is 12.1. The van der Waals surface area contributed by atoms with Gasteiger partial charge in [0.15, 0.2) is 0 Å². The van der Waals surface area contributed by atoms with E-state index in [4.69, 9.17) is 4.84 Å². The first-order valence-corrected chi connectivity index (χ1v) is 8.30. The first kappa shape index (κ1) is 13.8. The molecule has 2 aliphatic carbocycles. The zero-order valence-electron chi connectivity index (χ0n) is 12.3. The third-order valence-corrected chi connectivity index (χ3v) is 5.51. The van der Waals surface area contributed by atoms with Crippen molar-refractivity contribution < 1.29 is 9.63 Å². The van der Waals surface area contributed by atoms with Gasteiger partial charge in [-0.3, -0.25) is 9.63 Å². The van der Waals surface area contributed by atoms with Gasteiger partial charge in [0, 0.05) is 11.6 Å². The van der Waals surface area contributed by atoms with Crippen LogP contribution in [-0.2, 0) is 4.84 Å². The molecule has 0 radical (unpaired) electrons. The zero-order valence-corrected chi connectivity index (χ0v) is 13.1. The summed E-state index contributed by atoms with van der Waals surface area (Å²) < 4.78 is 4.24. The summed E-state index contributed by atoms with van der Waals surface area (Å²) in [7, 11) is 0. The highest BCUT2D eigenvalue weighted by atomic mass is 32.1. The molecular weight excluding hydrogens is 298 g/mol. The smallest absolute Gasteiger partial charge is 0.273 e. The SMILES string of the molecule is Cc1nsc2ncc(C(=O)NOC[C@@H]3C[C@@H]4C=C[C@H]3C4)cc12. The van der Waals surface area contributed by atoms with E-state index in [1.807, 2.05) is 13.0 Å². The molecule has 0 spiro atoms. The summed E-state index contributed by atoms with van der Waals surface area (Å²) in [4.78, 5) is 22.7. The van der Waals surface area contributed by atoms with Crippen molar-refractivity contribution in [3.05, 3.63) is 35.7 Å². The Balaban J connectivity index is 1.37. The van der Waals surface area contributed by atoms with Crippen molar-refractivity contribution in [2.24, 2.45) is 17.8 Å². The van der Waals surface area contributed by atoms with Crippen LogP contribution < -0.4 is 5.48 Å². The average Bonchev–Trinajstić information content (AvgIpc) is 3.23. The first-order valence-electron chi connectivity index (χ1n) is 7.53. The molecule has 114 valence electrons. The number of pyridine rings is 1. The van der Waals surface area contributed by atoms with Crippen LogP contribution in [0.5, 0.6) is 0 Å². The van der Waals surface area contributed by atoms with Gasteiger partial charge >= 0.3 is 0 Å². The van der Waals surface area contributed by atoms with Gasteiger partial charge in [0.1, 0.15) is 4.83 Å². The third-order valence-electron chi connectivity index (χ3n) is 4.65. The average molecular weight is 315 g/mol. The second kappa shape index (κ2) is 5.44. The lowest BCUT2D eigenvalue weighted by atomic mass is 9.95. The van der Waals surface area contributed by atoms with E-state index in [0.29, 0.717) is 24.0 Å².